The molecule has 20 heavy (non-hydrogen) atoms. The molecule has 0 saturated heterocycles. The fraction of sp³-hybridized carbons (Fsp3) is 1.00. The van der Waals surface area contributed by atoms with Gasteiger partial charge in [-0.1, -0.05) is 0 Å². The molecular formula is C3H9Fe2O12P3. The summed E-state index contributed by atoms with van der Waals surface area (Å²) in [4.78, 5) is 55.5. The summed E-state index contributed by atoms with van der Waals surface area (Å²) in [6.07, 6.45) is 0. The number of hydrogen-bond acceptors (Lipinski definition) is 12. The molecule has 0 aliphatic rings. The van der Waals surface area contributed by atoms with Crippen LogP contribution in [0.25, 0.3) is 0 Å². The van der Waals surface area contributed by atoms with Crippen LogP contribution in [0.4, 0.5) is 0 Å². The molecule has 0 rings (SSSR count). The summed E-state index contributed by atoms with van der Waals surface area (Å²) in [6.45, 7) is 0. The van der Waals surface area contributed by atoms with E-state index in [-0.39, 0.29) is 34.1 Å². The van der Waals surface area contributed by atoms with Crippen molar-refractivity contribution in [2.75, 3.05) is 21.3 Å². The van der Waals surface area contributed by atoms with Gasteiger partial charge in [0.05, 0.1) is 23.5 Å². The summed E-state index contributed by atoms with van der Waals surface area (Å²) in [5.41, 5.74) is 0. The fourth-order valence-electron chi connectivity index (χ4n) is 0. The first-order valence-electron chi connectivity index (χ1n) is 3.42. The quantitative estimate of drug-likeness (QED) is 0.298. The third-order valence-electron chi connectivity index (χ3n) is 0.671. The molecular weight excluding hydrogens is 433 g/mol. The zero-order valence-corrected chi connectivity index (χ0v) is 14.8. The van der Waals surface area contributed by atoms with Gasteiger partial charge in [-0.05, 0) is 0 Å². The zero-order chi connectivity index (χ0) is 15.6. The standard InChI is InChI=1S/3CH5O4P.2Fe/c3*1-5-6(2,3)4;;/h3*1H3,(H2,2,3,4);;/q;;;2*+3/p-6. The van der Waals surface area contributed by atoms with E-state index in [4.69, 9.17) is 0 Å². The number of hydrogen-bond donors (Lipinski definition) is 0. The van der Waals surface area contributed by atoms with Gasteiger partial charge in [-0.3, -0.25) is 0 Å². The summed E-state index contributed by atoms with van der Waals surface area (Å²) in [7, 11) is -11.5. The Kier molecular flexibility index (Phi) is 25.3. The molecule has 0 fully saturated rings. The fourth-order valence-corrected chi connectivity index (χ4v) is 0. The molecule has 0 aromatic rings. The summed E-state index contributed by atoms with van der Waals surface area (Å²) >= 11 is 0. The third-order valence-corrected chi connectivity index (χ3v) is 2.01. The van der Waals surface area contributed by atoms with E-state index in [2.05, 4.69) is 13.6 Å². The zero-order valence-electron chi connectivity index (χ0n) is 9.95. The number of phosphoric acid groups is 3. The third kappa shape index (κ3) is 60.8. The van der Waals surface area contributed by atoms with Crippen molar-refractivity contribution in [3.63, 3.8) is 0 Å². The molecule has 0 spiro atoms. The minimum atomic E-state index is -4.65. The summed E-state index contributed by atoms with van der Waals surface area (Å²) in [5, 5.41) is 0. The van der Waals surface area contributed by atoms with E-state index in [1.54, 1.807) is 0 Å². The van der Waals surface area contributed by atoms with Gasteiger partial charge >= 0.3 is 34.1 Å². The Balaban J connectivity index is -0.0000000536. The summed E-state index contributed by atoms with van der Waals surface area (Å²) in [6, 6.07) is 0. The average Bonchev–Trinajstić information content (AvgIpc) is 2.16. The van der Waals surface area contributed by atoms with E-state index >= 15 is 0 Å². The first-order valence-corrected chi connectivity index (χ1v) is 7.80. The molecule has 12 nitrogen and oxygen atoms in total. The largest absolute Gasteiger partial charge is 3.00 e. The van der Waals surface area contributed by atoms with Gasteiger partial charge in [0.15, 0.2) is 0 Å². The maximum atomic E-state index is 9.25. The maximum absolute atomic E-state index is 9.25. The van der Waals surface area contributed by atoms with Crippen LogP contribution in [0, 0.1) is 0 Å². The predicted octanol–water partition coefficient (Wildman–Crippen LogP) is -4.62. The van der Waals surface area contributed by atoms with Crippen LogP contribution in [0.3, 0.4) is 0 Å². The van der Waals surface area contributed by atoms with Gasteiger partial charge in [0.1, 0.15) is 0 Å². The van der Waals surface area contributed by atoms with Crippen LogP contribution >= 0.6 is 23.5 Å². The maximum Gasteiger partial charge on any atom is 3.00 e. The Hall–Kier alpha value is 1.37. The first kappa shape index (κ1) is 33.1. The summed E-state index contributed by atoms with van der Waals surface area (Å²) < 4.78 is 37.9. The minimum Gasteiger partial charge on any atom is -0.790 e. The van der Waals surface area contributed by atoms with E-state index in [9.17, 15) is 43.1 Å². The first-order chi connectivity index (χ1) is 7.68. The topological polar surface area (TPSA) is 217 Å². The van der Waals surface area contributed by atoms with Crippen molar-refractivity contribution in [2.24, 2.45) is 0 Å². The molecule has 0 saturated carbocycles. The van der Waals surface area contributed by atoms with Crippen LogP contribution in [0.15, 0.2) is 0 Å². The Bertz CT molecular complexity index is 277. The SMILES string of the molecule is COP(=O)([O-])[O-].COP(=O)([O-])[O-].COP(=O)([O-])[O-].[Fe+3].[Fe+3]. The average molecular weight is 442 g/mol. The second kappa shape index (κ2) is 15.3. The molecule has 0 heterocycles. The molecule has 17 heteroatoms. The van der Waals surface area contributed by atoms with Gasteiger partial charge in [-0.2, -0.15) is 0 Å². The molecule has 0 bridgehead atoms. The Morgan fingerprint density at radius 2 is 0.600 bits per heavy atom. The second-order valence-electron chi connectivity index (χ2n) is 1.89. The molecule has 0 aromatic carbocycles. The van der Waals surface area contributed by atoms with Crippen LogP contribution in [0.2, 0.25) is 0 Å². The second-order valence-corrected chi connectivity index (χ2v) is 5.67. The van der Waals surface area contributed by atoms with E-state index in [0.29, 0.717) is 0 Å². The van der Waals surface area contributed by atoms with Crippen LogP contribution in [-0.2, 0) is 61.4 Å². The van der Waals surface area contributed by atoms with Crippen molar-refractivity contribution in [1.29, 1.82) is 0 Å². The smallest absolute Gasteiger partial charge is 0.790 e. The van der Waals surface area contributed by atoms with Crippen LogP contribution in [0.5, 0.6) is 0 Å². The van der Waals surface area contributed by atoms with Gasteiger partial charge < -0.3 is 56.6 Å². The van der Waals surface area contributed by atoms with E-state index in [0.717, 1.165) is 21.3 Å². The monoisotopic (exact) mass is 442 g/mol. The Morgan fingerprint density at radius 1 is 0.550 bits per heavy atom. The van der Waals surface area contributed by atoms with Gasteiger partial charge in [0, 0.05) is 21.3 Å². The number of rotatable bonds is 3. The predicted molar refractivity (Wildman–Crippen MR) is 43.8 cm³/mol. The molecule has 124 valence electrons. The normalized spacial score (nSPS) is 10.7. The molecule has 0 N–H and O–H groups in total. The van der Waals surface area contributed by atoms with Crippen molar-refractivity contribution >= 4 is 23.5 Å². The van der Waals surface area contributed by atoms with Gasteiger partial charge in [0.2, 0.25) is 0 Å². The molecule has 2 radical (unpaired) electrons. The molecule has 0 aliphatic heterocycles. The molecule has 0 amide bonds. The van der Waals surface area contributed by atoms with Crippen LogP contribution in [-0.4, -0.2) is 21.3 Å². The van der Waals surface area contributed by atoms with Gasteiger partial charge in [-0.25, -0.2) is 0 Å². The molecule has 0 aliphatic carbocycles. The van der Waals surface area contributed by atoms with E-state index < -0.39 is 23.5 Å². The van der Waals surface area contributed by atoms with Crippen molar-refractivity contribution in [3.8, 4) is 0 Å². The Morgan fingerprint density at radius 3 is 0.600 bits per heavy atom. The van der Waals surface area contributed by atoms with Crippen LogP contribution < -0.4 is 29.4 Å². The van der Waals surface area contributed by atoms with Crippen LogP contribution in [0.1, 0.15) is 0 Å². The molecule has 0 unspecified atom stereocenters. The Labute approximate surface area is 135 Å². The van der Waals surface area contributed by atoms with Crippen molar-refractivity contribution < 1.29 is 90.8 Å². The number of phosphoric ester groups is 3. The molecule has 0 atom stereocenters. The summed E-state index contributed by atoms with van der Waals surface area (Å²) in [5.74, 6) is 0. The van der Waals surface area contributed by atoms with Gasteiger partial charge in [0.25, 0.3) is 0 Å². The van der Waals surface area contributed by atoms with Crippen molar-refractivity contribution in [1.82, 2.24) is 0 Å². The van der Waals surface area contributed by atoms with E-state index in [1.807, 2.05) is 0 Å². The van der Waals surface area contributed by atoms with Crippen molar-refractivity contribution in [2.45, 2.75) is 0 Å². The molecule has 0 aromatic heterocycles. The van der Waals surface area contributed by atoms with Crippen molar-refractivity contribution in [3.05, 3.63) is 0 Å². The minimum absolute atomic E-state index is 0. The van der Waals surface area contributed by atoms with E-state index in [1.165, 1.54) is 0 Å². The van der Waals surface area contributed by atoms with Gasteiger partial charge in [-0.15, -0.1) is 0 Å².